The van der Waals surface area contributed by atoms with E-state index in [4.69, 9.17) is 0 Å². The van der Waals surface area contributed by atoms with E-state index in [0.717, 1.165) is 4.31 Å². The maximum Gasteiger partial charge on any atom is 0.337 e. The van der Waals surface area contributed by atoms with E-state index in [9.17, 15) is 18.0 Å². The molecule has 8 heteroatoms. The summed E-state index contributed by atoms with van der Waals surface area (Å²) in [5.41, 5.74) is 0.207. The first-order valence-corrected chi connectivity index (χ1v) is 8.61. The van der Waals surface area contributed by atoms with Crippen LogP contribution in [0.2, 0.25) is 0 Å². The zero-order valence-corrected chi connectivity index (χ0v) is 14.7. The number of sulfonamides is 1. The first-order valence-electron chi connectivity index (χ1n) is 7.17. The maximum absolute atomic E-state index is 12.7. The van der Waals surface area contributed by atoms with Crippen LogP contribution in [-0.2, 0) is 19.5 Å². The summed E-state index contributed by atoms with van der Waals surface area (Å²) >= 11 is 0. The first kappa shape index (κ1) is 18.5. The molecule has 25 heavy (non-hydrogen) atoms. The van der Waals surface area contributed by atoms with Gasteiger partial charge in [-0.05, 0) is 30.3 Å². The summed E-state index contributed by atoms with van der Waals surface area (Å²) in [4.78, 5) is 23.7. The van der Waals surface area contributed by atoms with Gasteiger partial charge in [0, 0.05) is 7.05 Å². The molecule has 2 aromatic rings. The topological polar surface area (TPSA) is 90.0 Å². The quantitative estimate of drug-likeness (QED) is 0.756. The Hall–Kier alpha value is -2.87. The highest BCUT2D eigenvalue weighted by atomic mass is 32.2. The van der Waals surface area contributed by atoms with Gasteiger partial charge in [0.15, 0.2) is 0 Å². The van der Waals surface area contributed by atoms with Gasteiger partial charge in [0.25, 0.3) is 10.0 Å². The van der Waals surface area contributed by atoms with E-state index in [0.29, 0.717) is 0 Å². The highest BCUT2D eigenvalue weighted by molar-refractivity contribution is 7.92. The van der Waals surface area contributed by atoms with Crippen molar-refractivity contribution in [3.63, 3.8) is 0 Å². The highest BCUT2D eigenvalue weighted by Gasteiger charge is 2.23. The summed E-state index contributed by atoms with van der Waals surface area (Å²) in [6.07, 6.45) is 0. The molecule has 0 unspecified atom stereocenters. The van der Waals surface area contributed by atoms with Gasteiger partial charge in [-0.3, -0.25) is 4.31 Å². The summed E-state index contributed by atoms with van der Waals surface area (Å²) in [6, 6.07) is 11.8. The second-order valence-corrected chi connectivity index (χ2v) is 7.01. The Labute approximate surface area is 145 Å². The fourth-order valence-electron chi connectivity index (χ4n) is 2.15. The lowest BCUT2D eigenvalue weighted by atomic mass is 10.1. The molecule has 0 aliphatic carbocycles. The molecular formula is C17H17NO6S. The third-order valence-corrected chi connectivity index (χ3v) is 5.32. The molecule has 0 radical (unpaired) electrons. The van der Waals surface area contributed by atoms with Crippen LogP contribution in [0.1, 0.15) is 20.7 Å². The number of hydrogen-bond acceptors (Lipinski definition) is 6. The van der Waals surface area contributed by atoms with E-state index in [1.54, 1.807) is 18.2 Å². The van der Waals surface area contributed by atoms with E-state index in [2.05, 4.69) is 9.47 Å². The van der Waals surface area contributed by atoms with Crippen LogP contribution in [0.3, 0.4) is 0 Å². The number of rotatable bonds is 5. The molecule has 0 aliphatic heterocycles. The number of carbonyl (C=O) groups excluding carboxylic acids is 2. The Morgan fingerprint density at radius 2 is 1.36 bits per heavy atom. The number of ether oxygens (including phenoxy) is 2. The van der Waals surface area contributed by atoms with Crippen molar-refractivity contribution in [3.05, 3.63) is 59.7 Å². The minimum absolute atomic E-state index is 0.0375. The van der Waals surface area contributed by atoms with Crippen LogP contribution in [0.4, 0.5) is 5.69 Å². The molecule has 0 bridgehead atoms. The number of anilines is 1. The summed E-state index contributed by atoms with van der Waals surface area (Å²) in [7, 11) is -0.145. The molecule has 132 valence electrons. The summed E-state index contributed by atoms with van der Waals surface area (Å²) in [5, 5.41) is 0. The zero-order chi connectivity index (χ0) is 18.6. The third-order valence-electron chi connectivity index (χ3n) is 3.53. The Balaban J connectivity index is 2.57. The Kier molecular flexibility index (Phi) is 5.43. The predicted molar refractivity (Wildman–Crippen MR) is 91.2 cm³/mol. The molecule has 0 amide bonds. The van der Waals surface area contributed by atoms with Crippen molar-refractivity contribution >= 4 is 27.6 Å². The van der Waals surface area contributed by atoms with Gasteiger partial charge in [0.1, 0.15) is 0 Å². The predicted octanol–water partition coefficient (Wildman–Crippen LogP) is 2.08. The molecule has 2 rings (SSSR count). The molecule has 0 heterocycles. The summed E-state index contributed by atoms with van der Waals surface area (Å²) in [5.74, 6) is -1.39. The van der Waals surface area contributed by atoms with Crippen molar-refractivity contribution in [1.82, 2.24) is 0 Å². The minimum Gasteiger partial charge on any atom is -0.465 e. The van der Waals surface area contributed by atoms with Gasteiger partial charge in [-0.15, -0.1) is 0 Å². The van der Waals surface area contributed by atoms with E-state index in [1.807, 2.05) is 0 Å². The van der Waals surface area contributed by atoms with Crippen LogP contribution in [0.15, 0.2) is 53.4 Å². The van der Waals surface area contributed by atoms with Crippen LogP contribution >= 0.6 is 0 Å². The molecule has 0 saturated heterocycles. The van der Waals surface area contributed by atoms with E-state index < -0.39 is 22.0 Å². The molecule has 0 aromatic heterocycles. The number of hydrogen-bond donors (Lipinski definition) is 0. The van der Waals surface area contributed by atoms with Gasteiger partial charge in [-0.2, -0.15) is 0 Å². The summed E-state index contributed by atoms with van der Waals surface area (Å²) in [6.45, 7) is 0. The van der Waals surface area contributed by atoms with E-state index in [-0.39, 0.29) is 21.7 Å². The lowest BCUT2D eigenvalue weighted by Gasteiger charge is -2.20. The number of esters is 2. The van der Waals surface area contributed by atoms with Gasteiger partial charge in [-0.1, -0.05) is 18.2 Å². The van der Waals surface area contributed by atoms with Crippen LogP contribution < -0.4 is 4.31 Å². The number of benzene rings is 2. The Morgan fingerprint density at radius 1 is 0.880 bits per heavy atom. The standard InChI is InChI=1S/C17H17NO6S/c1-18(25(21,22)15-7-5-4-6-8-15)14-10-12(16(19)23-2)9-13(11-14)17(20)24-3/h4-11H,1-3H3. The monoisotopic (exact) mass is 363 g/mol. The lowest BCUT2D eigenvalue weighted by Crippen LogP contribution is -2.27. The lowest BCUT2D eigenvalue weighted by molar-refractivity contribution is 0.0599. The Bertz CT molecular complexity index is 858. The molecule has 0 spiro atoms. The van der Waals surface area contributed by atoms with Crippen molar-refractivity contribution < 1.29 is 27.5 Å². The van der Waals surface area contributed by atoms with Crippen molar-refractivity contribution in [3.8, 4) is 0 Å². The fourth-order valence-corrected chi connectivity index (χ4v) is 3.35. The average molecular weight is 363 g/mol. The number of carbonyl (C=O) groups is 2. The van der Waals surface area contributed by atoms with Crippen LogP contribution in [0.25, 0.3) is 0 Å². The van der Waals surface area contributed by atoms with Crippen LogP contribution in [0, 0.1) is 0 Å². The second-order valence-electron chi connectivity index (χ2n) is 5.04. The smallest absolute Gasteiger partial charge is 0.337 e. The number of methoxy groups -OCH3 is 2. The van der Waals surface area contributed by atoms with Gasteiger partial charge >= 0.3 is 11.9 Å². The highest BCUT2D eigenvalue weighted by Crippen LogP contribution is 2.25. The molecule has 0 saturated carbocycles. The average Bonchev–Trinajstić information content (AvgIpc) is 2.66. The molecule has 0 atom stereocenters. The molecule has 0 fully saturated rings. The molecule has 0 aliphatic rings. The third kappa shape index (κ3) is 3.80. The van der Waals surface area contributed by atoms with Crippen molar-refractivity contribution in [2.75, 3.05) is 25.6 Å². The van der Waals surface area contributed by atoms with Crippen molar-refractivity contribution in [1.29, 1.82) is 0 Å². The number of nitrogens with zero attached hydrogens (tertiary/aromatic N) is 1. The van der Waals surface area contributed by atoms with Gasteiger partial charge in [-0.25, -0.2) is 18.0 Å². The van der Waals surface area contributed by atoms with Gasteiger partial charge in [0.2, 0.25) is 0 Å². The maximum atomic E-state index is 12.7. The zero-order valence-electron chi connectivity index (χ0n) is 13.9. The minimum atomic E-state index is -3.86. The Morgan fingerprint density at radius 3 is 1.80 bits per heavy atom. The van der Waals surface area contributed by atoms with Crippen LogP contribution in [0.5, 0.6) is 0 Å². The fraction of sp³-hybridized carbons (Fsp3) is 0.176. The van der Waals surface area contributed by atoms with Gasteiger partial charge < -0.3 is 9.47 Å². The first-order chi connectivity index (χ1) is 11.8. The van der Waals surface area contributed by atoms with Gasteiger partial charge in [0.05, 0.1) is 35.9 Å². The molecular weight excluding hydrogens is 346 g/mol. The molecule has 7 nitrogen and oxygen atoms in total. The van der Waals surface area contributed by atoms with Crippen molar-refractivity contribution in [2.45, 2.75) is 4.90 Å². The van der Waals surface area contributed by atoms with E-state index >= 15 is 0 Å². The largest absolute Gasteiger partial charge is 0.465 e. The van der Waals surface area contributed by atoms with Crippen LogP contribution in [-0.4, -0.2) is 41.6 Å². The normalized spacial score (nSPS) is 10.8. The molecule has 2 aromatic carbocycles. The second kappa shape index (κ2) is 7.35. The molecule has 0 N–H and O–H groups in total. The summed E-state index contributed by atoms with van der Waals surface area (Å²) < 4.78 is 35.7. The van der Waals surface area contributed by atoms with Crippen molar-refractivity contribution in [2.24, 2.45) is 0 Å². The van der Waals surface area contributed by atoms with E-state index in [1.165, 1.54) is 51.6 Å². The SMILES string of the molecule is COC(=O)c1cc(C(=O)OC)cc(N(C)S(=O)(=O)c2ccccc2)c1.